The lowest BCUT2D eigenvalue weighted by Gasteiger charge is -2.63. The third-order valence-electron chi connectivity index (χ3n) is 11.2. The molecule has 0 aromatic carbocycles. The van der Waals surface area contributed by atoms with E-state index in [-0.39, 0.29) is 17.1 Å². The molecule has 3 heteroatoms. The van der Waals surface area contributed by atoms with Gasteiger partial charge in [-0.25, -0.2) is 4.79 Å². The molecule has 4 fully saturated rings. The van der Waals surface area contributed by atoms with Crippen LogP contribution in [0.25, 0.3) is 0 Å². The highest BCUT2D eigenvalue weighted by atomic mass is 16.7. The van der Waals surface area contributed by atoms with E-state index in [1.54, 1.807) is 5.57 Å². The van der Waals surface area contributed by atoms with Gasteiger partial charge in [-0.2, -0.15) is 0 Å². The summed E-state index contributed by atoms with van der Waals surface area (Å²) < 4.78 is 11.5. The molecule has 2 bridgehead atoms. The summed E-state index contributed by atoms with van der Waals surface area (Å²) in [5.74, 6) is 4.02. The van der Waals surface area contributed by atoms with E-state index in [9.17, 15) is 4.79 Å². The lowest BCUT2D eigenvalue weighted by molar-refractivity contribution is -0.217. The van der Waals surface area contributed by atoms with E-state index in [0.29, 0.717) is 35.0 Å². The standard InChI is InChI=1S/C29H44O3/c1-18(2)19(3)7-8-20(4)23-9-10-24-22-12-16-29-17-21(31-26(30)32-29)11-15-28(29,6)25(22)13-14-27(23,24)5/h7-8,12,18-21,23-25H,9-11,13-17H2,1-6H3/b8-7+/t19-,20+,21+,23-,24+,25+,27-,28+,29+/m0/s1. The second-order valence-electron chi connectivity index (χ2n) is 12.8. The van der Waals surface area contributed by atoms with E-state index in [4.69, 9.17) is 9.47 Å². The normalized spacial score (nSPS) is 47.1. The summed E-state index contributed by atoms with van der Waals surface area (Å²) in [4.78, 5) is 12.3. The lowest BCUT2D eigenvalue weighted by Crippen LogP contribution is -2.64. The Bertz CT molecular complexity index is 826. The van der Waals surface area contributed by atoms with Crippen molar-refractivity contribution < 1.29 is 14.3 Å². The zero-order valence-electron chi connectivity index (χ0n) is 21.2. The summed E-state index contributed by atoms with van der Waals surface area (Å²) >= 11 is 0. The van der Waals surface area contributed by atoms with Crippen LogP contribution in [0.15, 0.2) is 23.8 Å². The number of rotatable bonds is 4. The third kappa shape index (κ3) is 3.16. The van der Waals surface area contributed by atoms with Crippen LogP contribution in [0.5, 0.6) is 0 Å². The lowest BCUT2D eigenvalue weighted by atomic mass is 9.46. The predicted octanol–water partition coefficient (Wildman–Crippen LogP) is 7.71. The van der Waals surface area contributed by atoms with Gasteiger partial charge in [0.15, 0.2) is 0 Å². The van der Waals surface area contributed by atoms with Gasteiger partial charge in [-0.3, -0.25) is 0 Å². The quantitative estimate of drug-likeness (QED) is 0.332. The minimum absolute atomic E-state index is 0.0601. The zero-order chi connectivity index (χ0) is 22.9. The topological polar surface area (TPSA) is 35.5 Å². The summed E-state index contributed by atoms with van der Waals surface area (Å²) in [6.45, 7) is 14.5. The molecule has 0 aromatic rings. The average molecular weight is 441 g/mol. The summed E-state index contributed by atoms with van der Waals surface area (Å²) in [6.07, 6.45) is 16.3. The number of ether oxygens (including phenoxy) is 2. The second-order valence-corrected chi connectivity index (χ2v) is 12.8. The first-order valence-corrected chi connectivity index (χ1v) is 13.4. The molecule has 4 aliphatic carbocycles. The predicted molar refractivity (Wildman–Crippen MR) is 128 cm³/mol. The minimum Gasteiger partial charge on any atom is -0.431 e. The second kappa shape index (κ2) is 7.64. The van der Waals surface area contributed by atoms with Crippen LogP contribution in [0.1, 0.15) is 92.9 Å². The molecule has 0 unspecified atom stereocenters. The number of fused-ring (bicyclic) bond motifs is 5. The van der Waals surface area contributed by atoms with E-state index in [2.05, 4.69) is 59.8 Å². The van der Waals surface area contributed by atoms with Crippen LogP contribution in [0.2, 0.25) is 0 Å². The number of allylic oxidation sites excluding steroid dienone is 3. The number of carbonyl (C=O) groups is 1. The fourth-order valence-electron chi connectivity index (χ4n) is 8.68. The molecular formula is C29H44O3. The molecule has 178 valence electrons. The highest BCUT2D eigenvalue weighted by Gasteiger charge is 2.66. The van der Waals surface area contributed by atoms with Crippen molar-refractivity contribution in [1.82, 2.24) is 0 Å². The van der Waals surface area contributed by atoms with E-state index in [0.717, 1.165) is 31.6 Å². The van der Waals surface area contributed by atoms with Gasteiger partial charge in [-0.15, -0.1) is 0 Å². The van der Waals surface area contributed by atoms with Gasteiger partial charge in [0.1, 0.15) is 11.7 Å². The van der Waals surface area contributed by atoms with Gasteiger partial charge in [0, 0.05) is 18.3 Å². The van der Waals surface area contributed by atoms with E-state index in [1.807, 2.05) is 0 Å². The van der Waals surface area contributed by atoms with Crippen molar-refractivity contribution in [2.24, 2.45) is 46.3 Å². The monoisotopic (exact) mass is 440 g/mol. The van der Waals surface area contributed by atoms with Gasteiger partial charge in [0.05, 0.1) is 0 Å². The van der Waals surface area contributed by atoms with Crippen LogP contribution in [-0.4, -0.2) is 17.9 Å². The van der Waals surface area contributed by atoms with Crippen molar-refractivity contribution in [3.8, 4) is 0 Å². The molecule has 32 heavy (non-hydrogen) atoms. The Balaban J connectivity index is 1.41. The molecule has 1 heterocycles. The van der Waals surface area contributed by atoms with Crippen LogP contribution < -0.4 is 0 Å². The Hall–Kier alpha value is -1.25. The van der Waals surface area contributed by atoms with Gasteiger partial charge in [0.25, 0.3) is 0 Å². The van der Waals surface area contributed by atoms with Gasteiger partial charge in [-0.1, -0.05) is 65.3 Å². The van der Waals surface area contributed by atoms with E-state index < -0.39 is 6.16 Å². The van der Waals surface area contributed by atoms with Crippen LogP contribution in [0.4, 0.5) is 4.79 Å². The smallest absolute Gasteiger partial charge is 0.431 e. The van der Waals surface area contributed by atoms with Crippen molar-refractivity contribution in [2.75, 3.05) is 0 Å². The maximum Gasteiger partial charge on any atom is 0.509 e. The Morgan fingerprint density at radius 1 is 1.00 bits per heavy atom. The maximum atomic E-state index is 12.3. The molecule has 0 aromatic heterocycles. The van der Waals surface area contributed by atoms with Crippen molar-refractivity contribution in [2.45, 2.75) is 105 Å². The SMILES string of the molecule is CC(C)[C@@H](C)/C=C/[C@@H](C)[C@@H]1CC[C@@H]2C3=CC[C@@]45C[C@@H](CC[C@]4(C)[C@@H]3CC[C@]21C)OC(=O)O5. The Labute approximate surface area is 195 Å². The molecule has 1 spiro atoms. The van der Waals surface area contributed by atoms with Crippen LogP contribution in [0, 0.1) is 46.3 Å². The highest BCUT2D eigenvalue weighted by molar-refractivity contribution is 5.62. The molecule has 1 aliphatic heterocycles. The van der Waals surface area contributed by atoms with Crippen LogP contribution in [0.3, 0.4) is 0 Å². The first kappa shape index (κ1) is 22.5. The highest BCUT2D eigenvalue weighted by Crippen LogP contribution is 2.68. The Kier molecular flexibility index (Phi) is 5.38. The Morgan fingerprint density at radius 3 is 2.53 bits per heavy atom. The molecule has 1 saturated heterocycles. The first-order chi connectivity index (χ1) is 15.1. The van der Waals surface area contributed by atoms with Gasteiger partial charge >= 0.3 is 6.16 Å². The molecule has 3 saturated carbocycles. The first-order valence-electron chi connectivity index (χ1n) is 13.4. The van der Waals surface area contributed by atoms with Gasteiger partial charge in [0.2, 0.25) is 0 Å². The number of hydrogen-bond acceptors (Lipinski definition) is 3. The van der Waals surface area contributed by atoms with Gasteiger partial charge < -0.3 is 9.47 Å². The van der Waals surface area contributed by atoms with E-state index >= 15 is 0 Å². The molecule has 3 nitrogen and oxygen atoms in total. The largest absolute Gasteiger partial charge is 0.509 e. The summed E-state index contributed by atoms with van der Waals surface area (Å²) in [7, 11) is 0. The molecule has 0 radical (unpaired) electrons. The zero-order valence-corrected chi connectivity index (χ0v) is 21.2. The Morgan fingerprint density at radius 2 is 1.78 bits per heavy atom. The van der Waals surface area contributed by atoms with Crippen LogP contribution in [-0.2, 0) is 9.47 Å². The third-order valence-corrected chi connectivity index (χ3v) is 11.2. The van der Waals surface area contributed by atoms with Crippen molar-refractivity contribution in [3.05, 3.63) is 23.8 Å². The van der Waals surface area contributed by atoms with Crippen molar-refractivity contribution in [3.63, 3.8) is 0 Å². The maximum absolute atomic E-state index is 12.3. The fraction of sp³-hybridized carbons (Fsp3) is 0.828. The van der Waals surface area contributed by atoms with Gasteiger partial charge in [-0.05, 0) is 79.4 Å². The van der Waals surface area contributed by atoms with Crippen molar-refractivity contribution in [1.29, 1.82) is 0 Å². The molecule has 5 rings (SSSR count). The average Bonchev–Trinajstić information content (AvgIpc) is 3.09. The molecule has 0 N–H and O–H groups in total. The summed E-state index contributed by atoms with van der Waals surface area (Å²) in [5.41, 5.74) is 1.85. The van der Waals surface area contributed by atoms with Crippen LogP contribution >= 0.6 is 0 Å². The van der Waals surface area contributed by atoms with Crippen molar-refractivity contribution >= 4 is 6.16 Å². The van der Waals surface area contributed by atoms with E-state index in [1.165, 1.54) is 25.7 Å². The molecule has 5 aliphatic rings. The number of carbonyl (C=O) groups excluding carboxylic acids is 1. The molecular weight excluding hydrogens is 396 g/mol. The fourth-order valence-corrected chi connectivity index (χ4v) is 8.68. The summed E-state index contributed by atoms with van der Waals surface area (Å²) in [6, 6.07) is 0. The number of hydrogen-bond donors (Lipinski definition) is 0. The summed E-state index contributed by atoms with van der Waals surface area (Å²) in [5, 5.41) is 0. The minimum atomic E-state index is -0.429. The molecule has 9 atom stereocenters. The molecule has 0 amide bonds.